The third kappa shape index (κ3) is 5.65. The SMILES string of the molecule is CCOc1cccc([C@H]2C(C(=O)OC3CCCCC3)=C(C)N=C3C[C@@H](c4ccc(OC)c(OC)c4)CC(=O)C32)c1. The van der Waals surface area contributed by atoms with Gasteiger partial charge >= 0.3 is 5.97 Å². The number of fused-ring (bicyclic) bond motifs is 1. The molecule has 2 aromatic rings. The van der Waals surface area contributed by atoms with E-state index in [2.05, 4.69) is 0 Å². The molecular weight excluding hydrogens is 506 g/mol. The van der Waals surface area contributed by atoms with Crippen LogP contribution in [0.3, 0.4) is 0 Å². The Morgan fingerprint density at radius 2 is 1.70 bits per heavy atom. The van der Waals surface area contributed by atoms with Gasteiger partial charge in [-0.1, -0.05) is 24.6 Å². The Morgan fingerprint density at radius 3 is 2.42 bits per heavy atom. The highest BCUT2D eigenvalue weighted by molar-refractivity contribution is 6.12. The molecule has 0 N–H and O–H groups in total. The van der Waals surface area contributed by atoms with Crippen LogP contribution in [0.4, 0.5) is 0 Å². The van der Waals surface area contributed by atoms with Gasteiger partial charge in [0, 0.05) is 23.7 Å². The maximum Gasteiger partial charge on any atom is 0.336 e. The minimum absolute atomic E-state index is 0.0405. The molecule has 5 rings (SSSR count). The van der Waals surface area contributed by atoms with Crippen molar-refractivity contribution < 1.29 is 28.5 Å². The zero-order valence-electron chi connectivity index (χ0n) is 23.9. The molecule has 1 unspecified atom stereocenters. The average Bonchev–Trinajstić information content (AvgIpc) is 2.96. The molecule has 7 nitrogen and oxygen atoms in total. The molecule has 40 heavy (non-hydrogen) atoms. The minimum atomic E-state index is -0.522. The van der Waals surface area contributed by atoms with E-state index in [0.29, 0.717) is 48.0 Å². The molecule has 0 aromatic heterocycles. The summed E-state index contributed by atoms with van der Waals surface area (Å²) in [6, 6.07) is 13.6. The standard InChI is InChI=1S/C33H39NO6/c1-5-39-25-13-9-10-22(16-25)31-30(33(36)40-24-11-7-6-8-12-24)20(2)34-26-17-23(18-27(35)32(26)31)21-14-15-28(37-3)29(19-21)38-4/h9-10,13-16,19,23-24,31-32H,5-8,11-12,17-18H2,1-4H3/t23-,31+,32?/m1/s1. The highest BCUT2D eigenvalue weighted by Crippen LogP contribution is 2.47. The molecule has 3 atom stereocenters. The number of ketones is 1. The Kier molecular flexibility index (Phi) is 8.57. The Labute approximate surface area is 236 Å². The van der Waals surface area contributed by atoms with Gasteiger partial charge in [0.25, 0.3) is 0 Å². The first kappa shape index (κ1) is 27.9. The summed E-state index contributed by atoms with van der Waals surface area (Å²) in [5.74, 6) is 0.689. The summed E-state index contributed by atoms with van der Waals surface area (Å²) in [6.07, 6.45) is 5.96. The second-order valence-electron chi connectivity index (χ2n) is 10.9. The van der Waals surface area contributed by atoms with Gasteiger partial charge in [-0.2, -0.15) is 0 Å². The lowest BCUT2D eigenvalue weighted by Gasteiger charge is -2.38. The topological polar surface area (TPSA) is 83.4 Å². The summed E-state index contributed by atoms with van der Waals surface area (Å²) < 4.78 is 22.8. The third-order valence-corrected chi connectivity index (χ3v) is 8.41. The van der Waals surface area contributed by atoms with Crippen molar-refractivity contribution in [1.29, 1.82) is 0 Å². The van der Waals surface area contributed by atoms with Crippen molar-refractivity contribution in [3.8, 4) is 17.2 Å². The van der Waals surface area contributed by atoms with E-state index in [1.54, 1.807) is 14.2 Å². The molecule has 212 valence electrons. The normalized spacial score (nSPS) is 23.2. The first-order valence-electron chi connectivity index (χ1n) is 14.4. The molecule has 2 saturated carbocycles. The van der Waals surface area contributed by atoms with Gasteiger partial charge < -0.3 is 18.9 Å². The van der Waals surface area contributed by atoms with E-state index < -0.39 is 11.8 Å². The molecule has 0 bridgehead atoms. The highest BCUT2D eigenvalue weighted by atomic mass is 16.5. The Bertz CT molecular complexity index is 1320. The lowest BCUT2D eigenvalue weighted by atomic mass is 9.66. The molecule has 7 heteroatoms. The number of ether oxygens (including phenoxy) is 4. The van der Waals surface area contributed by atoms with Crippen LogP contribution in [0.1, 0.15) is 81.8 Å². The van der Waals surface area contributed by atoms with Gasteiger partial charge in [-0.05, 0) is 87.3 Å². The quantitative estimate of drug-likeness (QED) is 0.350. The fraction of sp³-hybridized carbons (Fsp3) is 0.485. The number of carbonyl (C=O) groups is 2. The third-order valence-electron chi connectivity index (χ3n) is 8.41. The van der Waals surface area contributed by atoms with E-state index in [9.17, 15) is 9.59 Å². The second-order valence-corrected chi connectivity index (χ2v) is 10.9. The Hall–Kier alpha value is -3.61. The molecule has 3 aliphatic rings. The fourth-order valence-corrected chi connectivity index (χ4v) is 6.51. The summed E-state index contributed by atoms with van der Waals surface area (Å²) in [7, 11) is 3.22. The predicted molar refractivity (Wildman–Crippen MR) is 153 cm³/mol. The first-order valence-corrected chi connectivity index (χ1v) is 14.4. The van der Waals surface area contributed by atoms with E-state index in [1.807, 2.05) is 56.3 Å². The number of hydrogen-bond donors (Lipinski definition) is 0. The molecule has 1 heterocycles. The van der Waals surface area contributed by atoms with Gasteiger partial charge in [-0.15, -0.1) is 0 Å². The summed E-state index contributed by atoms with van der Waals surface area (Å²) >= 11 is 0. The zero-order chi connectivity index (χ0) is 28.2. The number of methoxy groups -OCH3 is 2. The van der Waals surface area contributed by atoms with Crippen LogP contribution in [0, 0.1) is 5.92 Å². The van der Waals surface area contributed by atoms with Crippen LogP contribution >= 0.6 is 0 Å². The maximum absolute atomic E-state index is 14.0. The van der Waals surface area contributed by atoms with Crippen molar-refractivity contribution in [2.75, 3.05) is 20.8 Å². The zero-order valence-corrected chi connectivity index (χ0v) is 23.9. The van der Waals surface area contributed by atoms with Crippen molar-refractivity contribution >= 4 is 17.5 Å². The van der Waals surface area contributed by atoms with E-state index in [0.717, 1.165) is 42.5 Å². The summed E-state index contributed by atoms with van der Waals surface area (Å²) in [6.45, 7) is 4.33. The molecule has 2 aromatic carbocycles. The molecule has 1 aliphatic heterocycles. The number of benzene rings is 2. The lowest BCUT2D eigenvalue weighted by molar-refractivity contribution is -0.146. The first-order chi connectivity index (χ1) is 19.4. The van der Waals surface area contributed by atoms with Crippen LogP contribution in [-0.4, -0.2) is 44.4 Å². The Balaban J connectivity index is 1.53. The number of esters is 1. The van der Waals surface area contributed by atoms with Crippen molar-refractivity contribution in [3.63, 3.8) is 0 Å². The van der Waals surface area contributed by atoms with Crippen molar-refractivity contribution in [3.05, 3.63) is 64.9 Å². The Morgan fingerprint density at radius 1 is 0.925 bits per heavy atom. The molecule has 0 spiro atoms. The second kappa shape index (κ2) is 12.3. The van der Waals surface area contributed by atoms with E-state index in [4.69, 9.17) is 23.9 Å². The number of hydrogen-bond acceptors (Lipinski definition) is 7. The van der Waals surface area contributed by atoms with Crippen molar-refractivity contribution in [2.24, 2.45) is 10.9 Å². The van der Waals surface area contributed by atoms with Gasteiger partial charge in [0.1, 0.15) is 17.6 Å². The summed E-state index contributed by atoms with van der Waals surface area (Å²) in [5.41, 5.74) is 3.81. The molecular formula is C33H39NO6. The number of Topliss-reactive ketones (excluding diaryl/α,β-unsaturated/α-hetero) is 1. The largest absolute Gasteiger partial charge is 0.494 e. The van der Waals surface area contributed by atoms with Crippen LogP contribution < -0.4 is 14.2 Å². The molecule has 0 saturated heterocycles. The monoisotopic (exact) mass is 545 g/mol. The van der Waals surface area contributed by atoms with E-state index >= 15 is 0 Å². The van der Waals surface area contributed by atoms with Crippen molar-refractivity contribution in [1.82, 2.24) is 0 Å². The van der Waals surface area contributed by atoms with Crippen LogP contribution in [-0.2, 0) is 14.3 Å². The number of carbonyl (C=O) groups excluding carboxylic acids is 2. The minimum Gasteiger partial charge on any atom is -0.494 e. The van der Waals surface area contributed by atoms with Crippen LogP contribution in [0.5, 0.6) is 17.2 Å². The lowest BCUT2D eigenvalue weighted by Crippen LogP contribution is -2.41. The fourth-order valence-electron chi connectivity index (χ4n) is 6.51. The van der Waals surface area contributed by atoms with Crippen molar-refractivity contribution in [2.45, 2.75) is 76.7 Å². The van der Waals surface area contributed by atoms with Gasteiger partial charge in [-0.3, -0.25) is 9.79 Å². The van der Waals surface area contributed by atoms with Gasteiger partial charge in [0.2, 0.25) is 0 Å². The summed E-state index contributed by atoms with van der Waals surface area (Å²) in [5, 5.41) is 0. The maximum atomic E-state index is 14.0. The highest BCUT2D eigenvalue weighted by Gasteiger charge is 2.46. The predicted octanol–water partition coefficient (Wildman–Crippen LogP) is 6.55. The van der Waals surface area contributed by atoms with Gasteiger partial charge in [0.05, 0.1) is 32.3 Å². The van der Waals surface area contributed by atoms with Crippen LogP contribution in [0.25, 0.3) is 0 Å². The molecule has 0 amide bonds. The smallest absolute Gasteiger partial charge is 0.336 e. The van der Waals surface area contributed by atoms with Crippen LogP contribution in [0.2, 0.25) is 0 Å². The van der Waals surface area contributed by atoms with Gasteiger partial charge in [-0.25, -0.2) is 4.79 Å². The van der Waals surface area contributed by atoms with Crippen LogP contribution in [0.15, 0.2) is 58.7 Å². The van der Waals surface area contributed by atoms with Gasteiger partial charge in [0.15, 0.2) is 11.5 Å². The molecule has 2 aliphatic carbocycles. The number of nitrogens with zero attached hydrogens (tertiary/aromatic N) is 1. The number of rotatable bonds is 8. The molecule has 0 radical (unpaired) electrons. The summed E-state index contributed by atoms with van der Waals surface area (Å²) in [4.78, 5) is 32.7. The molecule has 2 fully saturated rings. The number of allylic oxidation sites excluding steroid dienone is 1. The number of aliphatic imine (C=N–C) groups is 1. The van der Waals surface area contributed by atoms with E-state index in [1.165, 1.54) is 6.42 Å². The average molecular weight is 546 g/mol. The van der Waals surface area contributed by atoms with E-state index in [-0.39, 0.29) is 23.8 Å².